The number of halogens is 4. The lowest BCUT2D eigenvalue weighted by Crippen LogP contribution is -2.47. The maximum atomic E-state index is 12.9. The Morgan fingerprint density at radius 2 is 1.86 bits per heavy atom. The monoisotopic (exact) mass is 450 g/mol. The second-order valence-corrected chi connectivity index (χ2v) is 8.88. The predicted octanol–water partition coefficient (Wildman–Crippen LogP) is 5.31. The molecule has 2 aromatic rings. The summed E-state index contributed by atoms with van der Waals surface area (Å²) in [4.78, 5) is 16.5. The average Bonchev–Trinajstić information content (AvgIpc) is 3.11. The fourth-order valence-electron chi connectivity index (χ4n) is 2.97. The van der Waals surface area contributed by atoms with E-state index in [9.17, 15) is 18.0 Å². The normalized spacial score (nSPS) is 15.4. The number of anilines is 1. The number of benzene rings is 1. The van der Waals surface area contributed by atoms with E-state index >= 15 is 0 Å². The van der Waals surface area contributed by atoms with Gasteiger partial charge in [0.2, 0.25) is 0 Å². The molecule has 9 heteroatoms. The number of rotatable bonds is 6. The first-order chi connectivity index (χ1) is 12.8. The Morgan fingerprint density at radius 1 is 1.14 bits per heavy atom. The molecule has 1 saturated heterocycles. The summed E-state index contributed by atoms with van der Waals surface area (Å²) in [5, 5.41) is 0. The van der Waals surface area contributed by atoms with Crippen LogP contribution in [0.25, 0.3) is 0 Å². The van der Waals surface area contributed by atoms with Gasteiger partial charge in [0.05, 0.1) is 14.6 Å². The van der Waals surface area contributed by atoms with Crippen LogP contribution in [0, 0.1) is 0 Å². The van der Waals surface area contributed by atoms with Gasteiger partial charge in [0.25, 0.3) is 0 Å². The summed E-state index contributed by atoms with van der Waals surface area (Å²) in [6.07, 6.45) is -4.31. The van der Waals surface area contributed by atoms with Gasteiger partial charge in [0, 0.05) is 44.2 Å². The Bertz CT molecular complexity index is 789. The minimum atomic E-state index is -4.31. The molecule has 28 heavy (non-hydrogen) atoms. The van der Waals surface area contributed by atoms with Gasteiger partial charge in [-0.25, -0.2) is 0 Å². The van der Waals surface area contributed by atoms with Crippen molar-refractivity contribution >= 4 is 47.0 Å². The third-order valence-electron chi connectivity index (χ3n) is 4.49. The first-order valence-electron chi connectivity index (χ1n) is 8.71. The van der Waals surface area contributed by atoms with Crippen molar-refractivity contribution in [2.24, 2.45) is 0 Å². The van der Waals surface area contributed by atoms with Gasteiger partial charge >= 0.3 is 6.18 Å². The summed E-state index contributed by atoms with van der Waals surface area (Å²) < 4.78 is 39.8. The quantitative estimate of drug-likeness (QED) is 0.440. The highest BCUT2D eigenvalue weighted by atomic mass is 35.5. The van der Waals surface area contributed by atoms with Crippen LogP contribution >= 0.6 is 35.5 Å². The van der Waals surface area contributed by atoms with Crippen molar-refractivity contribution in [1.82, 2.24) is 4.90 Å². The topological polar surface area (TPSA) is 23.6 Å². The van der Waals surface area contributed by atoms with Crippen LogP contribution in [0.1, 0.15) is 22.2 Å². The zero-order valence-electron chi connectivity index (χ0n) is 15.4. The van der Waals surface area contributed by atoms with E-state index in [1.165, 1.54) is 23.5 Å². The van der Waals surface area contributed by atoms with Crippen LogP contribution in [0.4, 0.5) is 18.9 Å². The highest BCUT2D eigenvalue weighted by Gasteiger charge is 2.31. The number of piperazine rings is 1. The van der Waals surface area contributed by atoms with Crippen molar-refractivity contribution in [3.05, 3.63) is 46.8 Å². The van der Waals surface area contributed by atoms with Crippen molar-refractivity contribution < 1.29 is 18.0 Å². The zero-order valence-corrected chi connectivity index (χ0v) is 17.8. The lowest BCUT2D eigenvalue weighted by atomic mass is 10.1. The van der Waals surface area contributed by atoms with Gasteiger partial charge < -0.3 is 4.90 Å². The van der Waals surface area contributed by atoms with Crippen LogP contribution in [-0.4, -0.2) is 49.2 Å². The van der Waals surface area contributed by atoms with Crippen LogP contribution in [0.5, 0.6) is 0 Å². The number of alkyl halides is 3. The molecule has 0 bridgehead atoms. The van der Waals surface area contributed by atoms with E-state index < -0.39 is 11.7 Å². The minimum absolute atomic E-state index is 0. The standard InChI is InChI=1S/C19H21F3N2OS2.ClH/c1-14(25)17-5-6-18(27-17)26-12-11-23-7-9-24(10-8-23)16-4-2-3-15(13-16)19(20,21)22;/h2-6,13H,7-12H2,1H3;1H. The molecule has 1 fully saturated rings. The summed E-state index contributed by atoms with van der Waals surface area (Å²) in [5.41, 5.74) is 0.0360. The molecule has 1 aromatic heterocycles. The number of hydrogen-bond acceptors (Lipinski definition) is 5. The number of hydrogen-bond donors (Lipinski definition) is 0. The fraction of sp³-hybridized carbons (Fsp3) is 0.421. The van der Waals surface area contributed by atoms with Gasteiger partial charge in [-0.05, 0) is 37.3 Å². The second-order valence-electron chi connectivity index (χ2n) is 6.40. The van der Waals surface area contributed by atoms with E-state index in [4.69, 9.17) is 0 Å². The average molecular weight is 451 g/mol. The van der Waals surface area contributed by atoms with Crippen LogP contribution < -0.4 is 4.90 Å². The molecule has 0 aliphatic carbocycles. The van der Waals surface area contributed by atoms with Crippen molar-refractivity contribution in [2.45, 2.75) is 17.3 Å². The van der Waals surface area contributed by atoms with Gasteiger partial charge in [-0.2, -0.15) is 13.2 Å². The van der Waals surface area contributed by atoms with E-state index in [0.717, 1.165) is 53.6 Å². The number of ketones is 1. The smallest absolute Gasteiger partial charge is 0.369 e. The zero-order chi connectivity index (χ0) is 19.4. The molecule has 0 amide bonds. The Hall–Kier alpha value is -1.22. The van der Waals surface area contributed by atoms with Crippen LogP contribution in [0.2, 0.25) is 0 Å². The molecule has 0 unspecified atom stereocenters. The molecule has 154 valence electrons. The Morgan fingerprint density at radius 3 is 2.46 bits per heavy atom. The summed E-state index contributed by atoms with van der Waals surface area (Å²) in [5.74, 6) is 1.03. The van der Waals surface area contributed by atoms with E-state index in [2.05, 4.69) is 4.90 Å². The van der Waals surface area contributed by atoms with Crippen molar-refractivity contribution in [3.8, 4) is 0 Å². The summed E-state index contributed by atoms with van der Waals surface area (Å²) in [7, 11) is 0. The first-order valence-corrected chi connectivity index (χ1v) is 10.5. The Kier molecular flexibility index (Phi) is 8.24. The first kappa shape index (κ1) is 23.1. The molecule has 0 N–H and O–H groups in total. The SMILES string of the molecule is CC(=O)c1ccc(SCCN2CCN(c3cccc(C(F)(F)F)c3)CC2)s1.Cl. The lowest BCUT2D eigenvalue weighted by molar-refractivity contribution is -0.137. The molecule has 1 aromatic carbocycles. The molecular formula is C19H22ClF3N2OS2. The maximum Gasteiger partial charge on any atom is 0.416 e. The summed E-state index contributed by atoms with van der Waals surface area (Å²) in [6, 6.07) is 9.40. The van der Waals surface area contributed by atoms with Gasteiger partial charge in [-0.1, -0.05) is 6.07 Å². The minimum Gasteiger partial charge on any atom is -0.369 e. The molecule has 1 aliphatic heterocycles. The molecule has 0 radical (unpaired) electrons. The Balaban J connectivity index is 0.00000280. The number of carbonyl (C=O) groups excluding carboxylic acids is 1. The van der Waals surface area contributed by atoms with E-state index in [-0.39, 0.29) is 18.2 Å². The van der Waals surface area contributed by atoms with E-state index in [0.29, 0.717) is 5.69 Å². The van der Waals surface area contributed by atoms with Crippen LogP contribution in [-0.2, 0) is 6.18 Å². The highest BCUT2D eigenvalue weighted by Crippen LogP contribution is 2.32. The molecular weight excluding hydrogens is 429 g/mol. The maximum absolute atomic E-state index is 12.9. The summed E-state index contributed by atoms with van der Waals surface area (Å²) >= 11 is 3.26. The van der Waals surface area contributed by atoms with Crippen molar-refractivity contribution in [1.29, 1.82) is 0 Å². The van der Waals surface area contributed by atoms with Gasteiger partial charge in [-0.15, -0.1) is 35.5 Å². The molecule has 0 atom stereocenters. The number of carbonyl (C=O) groups is 1. The van der Waals surface area contributed by atoms with E-state index in [1.54, 1.807) is 24.8 Å². The van der Waals surface area contributed by atoms with Gasteiger partial charge in [0.15, 0.2) is 5.78 Å². The highest BCUT2D eigenvalue weighted by molar-refractivity contribution is 8.01. The molecule has 0 spiro atoms. The molecule has 1 aliphatic rings. The third kappa shape index (κ3) is 6.14. The van der Waals surface area contributed by atoms with Crippen molar-refractivity contribution in [2.75, 3.05) is 43.4 Å². The number of nitrogens with zero attached hydrogens (tertiary/aromatic N) is 2. The molecule has 3 rings (SSSR count). The van der Waals surface area contributed by atoms with E-state index in [1.807, 2.05) is 17.0 Å². The largest absolute Gasteiger partial charge is 0.416 e. The molecule has 3 nitrogen and oxygen atoms in total. The molecule has 2 heterocycles. The number of thiophene rings is 1. The predicted molar refractivity (Wildman–Crippen MR) is 112 cm³/mol. The number of thioether (sulfide) groups is 1. The van der Waals surface area contributed by atoms with Crippen LogP contribution in [0.3, 0.4) is 0 Å². The molecule has 0 saturated carbocycles. The summed E-state index contributed by atoms with van der Waals surface area (Å²) in [6.45, 7) is 5.61. The second kappa shape index (κ2) is 10.0. The number of Topliss-reactive ketones (excluding diaryl/α,β-unsaturated/α-hetero) is 1. The Labute approximate surface area is 177 Å². The third-order valence-corrected chi connectivity index (χ3v) is 6.88. The fourth-order valence-corrected chi connectivity index (χ4v) is 5.07. The van der Waals surface area contributed by atoms with Gasteiger partial charge in [-0.3, -0.25) is 9.69 Å². The lowest BCUT2D eigenvalue weighted by Gasteiger charge is -2.36. The van der Waals surface area contributed by atoms with Crippen LogP contribution in [0.15, 0.2) is 40.6 Å². The van der Waals surface area contributed by atoms with Crippen molar-refractivity contribution in [3.63, 3.8) is 0 Å². The van der Waals surface area contributed by atoms with Gasteiger partial charge in [0.1, 0.15) is 0 Å².